The third-order valence-electron chi connectivity index (χ3n) is 5.88. The summed E-state index contributed by atoms with van der Waals surface area (Å²) in [6.07, 6.45) is 3.30. The van der Waals surface area contributed by atoms with E-state index in [1.165, 1.54) is 0 Å². The number of amides is 1. The highest BCUT2D eigenvalue weighted by molar-refractivity contribution is 5.98. The number of methoxy groups -OCH3 is 1. The Bertz CT molecular complexity index is 1260. The Morgan fingerprint density at radius 2 is 1.71 bits per heavy atom. The van der Waals surface area contributed by atoms with Gasteiger partial charge < -0.3 is 18.9 Å². The summed E-state index contributed by atoms with van der Waals surface area (Å²) in [5.74, 6) is 1.47. The van der Waals surface area contributed by atoms with Gasteiger partial charge in [0.05, 0.1) is 7.11 Å². The van der Waals surface area contributed by atoms with Crippen molar-refractivity contribution in [3.05, 3.63) is 95.7 Å². The fourth-order valence-corrected chi connectivity index (χ4v) is 3.84. The summed E-state index contributed by atoms with van der Waals surface area (Å²) in [7, 11) is 3.44. The van der Waals surface area contributed by atoms with E-state index < -0.39 is 0 Å². The van der Waals surface area contributed by atoms with Crippen LogP contribution in [0.15, 0.2) is 79.0 Å². The lowest BCUT2D eigenvalue weighted by Gasteiger charge is -2.18. The SMILES string of the molecule is COc1ccc(CCN(C)C(=O)Cn2cc(C=O)c3cc(OCc4ccccc4)ccc32)cc1. The van der Waals surface area contributed by atoms with Crippen LogP contribution in [0.1, 0.15) is 21.5 Å². The van der Waals surface area contributed by atoms with Crippen molar-refractivity contribution < 1.29 is 19.1 Å². The molecule has 0 bridgehead atoms. The van der Waals surface area contributed by atoms with Crippen molar-refractivity contribution in [1.29, 1.82) is 0 Å². The molecular formula is C28H28N2O4. The van der Waals surface area contributed by atoms with Crippen molar-refractivity contribution in [3.63, 3.8) is 0 Å². The molecule has 0 unspecified atom stereocenters. The average Bonchev–Trinajstić information content (AvgIpc) is 3.23. The molecule has 1 amide bonds. The van der Waals surface area contributed by atoms with Gasteiger partial charge in [-0.1, -0.05) is 42.5 Å². The second-order valence-corrected chi connectivity index (χ2v) is 8.20. The van der Waals surface area contributed by atoms with Crippen molar-refractivity contribution in [3.8, 4) is 11.5 Å². The number of rotatable bonds is 10. The second-order valence-electron chi connectivity index (χ2n) is 8.20. The number of fused-ring (bicyclic) bond motifs is 1. The van der Waals surface area contributed by atoms with Crippen molar-refractivity contribution in [1.82, 2.24) is 9.47 Å². The maximum absolute atomic E-state index is 12.9. The van der Waals surface area contributed by atoms with Crippen molar-refractivity contribution >= 4 is 23.1 Å². The van der Waals surface area contributed by atoms with Crippen molar-refractivity contribution in [2.45, 2.75) is 19.6 Å². The number of carbonyl (C=O) groups is 2. The second kappa shape index (κ2) is 10.7. The molecule has 3 aromatic carbocycles. The van der Waals surface area contributed by atoms with E-state index in [1.54, 1.807) is 25.3 Å². The van der Waals surface area contributed by atoms with E-state index in [-0.39, 0.29) is 12.5 Å². The Kier molecular flexibility index (Phi) is 7.28. The molecule has 0 saturated carbocycles. The standard InChI is InChI=1S/C28H28N2O4/c1-29(15-14-21-8-10-24(33-2)11-9-21)28(32)18-30-17-23(19-31)26-16-25(12-13-27(26)30)34-20-22-6-4-3-5-7-22/h3-13,16-17,19H,14-15,18,20H2,1-2H3. The van der Waals surface area contributed by atoms with E-state index in [2.05, 4.69) is 0 Å². The highest BCUT2D eigenvalue weighted by atomic mass is 16.5. The Labute approximate surface area is 199 Å². The van der Waals surface area contributed by atoms with Crippen LogP contribution in [0.4, 0.5) is 0 Å². The molecule has 1 aromatic heterocycles. The zero-order chi connectivity index (χ0) is 23.9. The normalized spacial score (nSPS) is 10.8. The molecule has 0 atom stereocenters. The van der Waals surface area contributed by atoms with Gasteiger partial charge in [-0.05, 0) is 47.9 Å². The monoisotopic (exact) mass is 456 g/mol. The van der Waals surface area contributed by atoms with Crippen LogP contribution < -0.4 is 9.47 Å². The predicted molar refractivity (Wildman–Crippen MR) is 132 cm³/mol. The molecule has 0 aliphatic heterocycles. The lowest BCUT2D eigenvalue weighted by molar-refractivity contribution is -0.130. The van der Waals surface area contributed by atoms with Crippen LogP contribution in [0.3, 0.4) is 0 Å². The van der Waals surface area contributed by atoms with Crippen LogP contribution in [-0.4, -0.2) is 42.4 Å². The zero-order valence-corrected chi connectivity index (χ0v) is 19.4. The minimum atomic E-state index is -0.0211. The quantitative estimate of drug-likeness (QED) is 0.323. The molecule has 0 N–H and O–H groups in total. The van der Waals surface area contributed by atoms with Gasteiger partial charge in [-0.25, -0.2) is 0 Å². The Morgan fingerprint density at radius 1 is 0.971 bits per heavy atom. The maximum atomic E-state index is 12.9. The molecule has 6 heteroatoms. The predicted octanol–water partition coefficient (Wildman–Crippen LogP) is 4.74. The topological polar surface area (TPSA) is 60.8 Å². The zero-order valence-electron chi connectivity index (χ0n) is 19.4. The number of aromatic nitrogens is 1. The number of hydrogen-bond acceptors (Lipinski definition) is 4. The summed E-state index contributed by atoms with van der Waals surface area (Å²) >= 11 is 0. The van der Waals surface area contributed by atoms with Gasteiger partial charge in [0.2, 0.25) is 5.91 Å². The minimum Gasteiger partial charge on any atom is -0.497 e. The van der Waals surface area contributed by atoms with Crippen molar-refractivity contribution in [2.75, 3.05) is 20.7 Å². The van der Waals surface area contributed by atoms with E-state index in [0.717, 1.165) is 40.5 Å². The van der Waals surface area contributed by atoms with Crippen LogP contribution in [0.5, 0.6) is 11.5 Å². The van der Waals surface area contributed by atoms with Gasteiger partial charge in [-0.15, -0.1) is 0 Å². The van der Waals surface area contributed by atoms with Gasteiger partial charge in [0, 0.05) is 36.3 Å². The van der Waals surface area contributed by atoms with E-state index >= 15 is 0 Å². The maximum Gasteiger partial charge on any atom is 0.242 e. The number of carbonyl (C=O) groups excluding carboxylic acids is 2. The molecule has 174 valence electrons. The number of nitrogens with zero attached hydrogens (tertiary/aromatic N) is 2. The highest BCUT2D eigenvalue weighted by Crippen LogP contribution is 2.26. The van der Waals surface area contributed by atoms with Gasteiger partial charge in [-0.3, -0.25) is 9.59 Å². The van der Waals surface area contributed by atoms with Crippen LogP contribution >= 0.6 is 0 Å². The first kappa shape index (κ1) is 23.1. The number of aldehydes is 1. The summed E-state index contributed by atoms with van der Waals surface area (Å²) in [5.41, 5.74) is 3.57. The van der Waals surface area contributed by atoms with Crippen molar-refractivity contribution in [2.24, 2.45) is 0 Å². The van der Waals surface area contributed by atoms with E-state index in [0.29, 0.717) is 24.5 Å². The molecule has 0 spiro atoms. The minimum absolute atomic E-state index is 0.0211. The first-order valence-corrected chi connectivity index (χ1v) is 11.2. The molecule has 4 aromatic rings. The van der Waals surface area contributed by atoms with Gasteiger partial charge >= 0.3 is 0 Å². The first-order chi connectivity index (χ1) is 16.6. The van der Waals surface area contributed by atoms with E-state index in [4.69, 9.17) is 9.47 Å². The lowest BCUT2D eigenvalue weighted by atomic mass is 10.1. The summed E-state index contributed by atoms with van der Waals surface area (Å²) in [6.45, 7) is 1.21. The van der Waals surface area contributed by atoms with Crippen LogP contribution in [0.2, 0.25) is 0 Å². The van der Waals surface area contributed by atoms with E-state index in [1.807, 2.05) is 77.4 Å². The molecule has 0 fully saturated rings. The van der Waals surface area contributed by atoms with Crippen LogP contribution in [0.25, 0.3) is 10.9 Å². The fraction of sp³-hybridized carbons (Fsp3) is 0.214. The molecule has 34 heavy (non-hydrogen) atoms. The van der Waals surface area contributed by atoms with Gasteiger partial charge in [0.15, 0.2) is 6.29 Å². The summed E-state index contributed by atoms with van der Waals surface area (Å²) in [6, 6.07) is 23.4. The number of hydrogen-bond donors (Lipinski definition) is 0. The molecule has 0 saturated heterocycles. The molecule has 1 heterocycles. The third kappa shape index (κ3) is 5.46. The first-order valence-electron chi connectivity index (χ1n) is 11.2. The van der Waals surface area contributed by atoms with Gasteiger partial charge in [-0.2, -0.15) is 0 Å². The largest absolute Gasteiger partial charge is 0.497 e. The average molecular weight is 457 g/mol. The van der Waals surface area contributed by atoms with Gasteiger partial charge in [0.25, 0.3) is 0 Å². The Balaban J connectivity index is 1.42. The van der Waals surface area contributed by atoms with E-state index in [9.17, 15) is 9.59 Å². The molecular weight excluding hydrogens is 428 g/mol. The molecule has 6 nitrogen and oxygen atoms in total. The number of ether oxygens (including phenoxy) is 2. The number of likely N-dealkylation sites (N-methyl/N-ethyl adjacent to an activating group) is 1. The summed E-state index contributed by atoms with van der Waals surface area (Å²) in [5, 5.41) is 0.772. The van der Waals surface area contributed by atoms with Crippen LogP contribution in [-0.2, 0) is 24.4 Å². The fourth-order valence-electron chi connectivity index (χ4n) is 3.84. The number of benzene rings is 3. The summed E-state index contributed by atoms with van der Waals surface area (Å²) in [4.78, 5) is 26.3. The Hall–Kier alpha value is -4.06. The van der Waals surface area contributed by atoms with Gasteiger partial charge in [0.1, 0.15) is 24.7 Å². The third-order valence-corrected chi connectivity index (χ3v) is 5.88. The molecule has 0 aliphatic carbocycles. The molecule has 0 aliphatic rings. The highest BCUT2D eigenvalue weighted by Gasteiger charge is 2.15. The lowest BCUT2D eigenvalue weighted by Crippen LogP contribution is -2.31. The smallest absolute Gasteiger partial charge is 0.242 e. The van der Waals surface area contributed by atoms with Crippen LogP contribution in [0, 0.1) is 0 Å². The summed E-state index contributed by atoms with van der Waals surface area (Å²) < 4.78 is 12.9. The molecule has 0 radical (unpaired) electrons. The Morgan fingerprint density at radius 3 is 2.41 bits per heavy atom. The molecule has 4 rings (SSSR count).